The normalized spacial score (nSPS) is 14.2. The van der Waals surface area contributed by atoms with Crippen LogP contribution in [0.5, 0.6) is 0 Å². The maximum absolute atomic E-state index is 12.3. The van der Waals surface area contributed by atoms with Gasteiger partial charge in [0.1, 0.15) is 5.69 Å². The van der Waals surface area contributed by atoms with Crippen molar-refractivity contribution >= 4 is 17.3 Å². The van der Waals surface area contributed by atoms with Crippen LogP contribution in [0.2, 0.25) is 0 Å². The van der Waals surface area contributed by atoms with Crippen LogP contribution in [0, 0.1) is 13.8 Å². The van der Waals surface area contributed by atoms with Crippen molar-refractivity contribution in [1.29, 1.82) is 0 Å². The molecule has 4 nitrogen and oxygen atoms in total. The molecule has 0 spiro atoms. The lowest BCUT2D eigenvalue weighted by atomic mass is 10.1. The topological polar surface area (TPSA) is 45.2 Å². The highest BCUT2D eigenvalue weighted by Crippen LogP contribution is 2.24. The fourth-order valence-electron chi connectivity index (χ4n) is 2.83. The average molecular weight is 295 g/mol. The zero-order chi connectivity index (χ0) is 15.5. The highest BCUT2D eigenvalue weighted by Gasteiger charge is 2.20. The molecule has 1 saturated heterocycles. The van der Waals surface area contributed by atoms with Gasteiger partial charge < -0.3 is 10.2 Å². The number of amides is 1. The first-order valence-corrected chi connectivity index (χ1v) is 7.74. The van der Waals surface area contributed by atoms with E-state index in [9.17, 15) is 4.79 Å². The highest BCUT2D eigenvalue weighted by atomic mass is 16.2. The Morgan fingerprint density at radius 1 is 1.09 bits per heavy atom. The minimum absolute atomic E-state index is 0.0381. The van der Waals surface area contributed by atoms with Crippen LogP contribution in [-0.4, -0.2) is 28.9 Å². The number of aryl methyl sites for hydroxylation is 2. The second-order valence-electron chi connectivity index (χ2n) is 5.82. The number of pyridine rings is 1. The molecular formula is C18H21N3O. The summed E-state index contributed by atoms with van der Waals surface area (Å²) in [4.78, 5) is 18.5. The standard InChI is InChI=1S/C18H21N3O/c1-13-6-5-7-14(2)17(13)20-15-8-9-16(19-12-15)18(22)21-10-3-4-11-21/h5-9,12,20H,3-4,10-11H2,1-2H3. The molecule has 0 bridgehead atoms. The molecule has 0 radical (unpaired) electrons. The van der Waals surface area contributed by atoms with Crippen molar-refractivity contribution in [1.82, 2.24) is 9.88 Å². The van der Waals surface area contributed by atoms with Crippen LogP contribution >= 0.6 is 0 Å². The third kappa shape index (κ3) is 2.96. The molecule has 0 saturated carbocycles. The number of anilines is 2. The molecule has 1 aromatic carbocycles. The van der Waals surface area contributed by atoms with E-state index in [2.05, 4.69) is 36.3 Å². The number of hydrogen-bond acceptors (Lipinski definition) is 3. The van der Waals surface area contributed by atoms with Crippen LogP contribution in [0.25, 0.3) is 0 Å². The Kier molecular flexibility index (Phi) is 4.09. The lowest BCUT2D eigenvalue weighted by Crippen LogP contribution is -2.28. The minimum Gasteiger partial charge on any atom is -0.354 e. The minimum atomic E-state index is 0.0381. The van der Waals surface area contributed by atoms with Gasteiger partial charge in [-0.25, -0.2) is 4.98 Å². The maximum Gasteiger partial charge on any atom is 0.272 e. The molecule has 4 heteroatoms. The quantitative estimate of drug-likeness (QED) is 0.939. The fourth-order valence-corrected chi connectivity index (χ4v) is 2.83. The van der Waals surface area contributed by atoms with E-state index in [0.29, 0.717) is 5.69 Å². The number of likely N-dealkylation sites (tertiary alicyclic amines) is 1. The number of rotatable bonds is 3. The summed E-state index contributed by atoms with van der Waals surface area (Å²) in [5.41, 5.74) is 4.90. The predicted octanol–water partition coefficient (Wildman–Crippen LogP) is 3.68. The second-order valence-corrected chi connectivity index (χ2v) is 5.82. The Hall–Kier alpha value is -2.36. The van der Waals surface area contributed by atoms with Gasteiger partial charge in [0.2, 0.25) is 0 Å². The van der Waals surface area contributed by atoms with Gasteiger partial charge >= 0.3 is 0 Å². The first-order chi connectivity index (χ1) is 10.6. The zero-order valence-electron chi connectivity index (χ0n) is 13.1. The van der Waals surface area contributed by atoms with Gasteiger partial charge in [0.15, 0.2) is 0 Å². The number of aromatic nitrogens is 1. The molecule has 0 unspecified atom stereocenters. The van der Waals surface area contributed by atoms with Crippen LogP contribution in [0.1, 0.15) is 34.5 Å². The van der Waals surface area contributed by atoms with Crippen LogP contribution in [0.4, 0.5) is 11.4 Å². The second kappa shape index (κ2) is 6.18. The molecule has 1 amide bonds. The molecule has 2 aromatic rings. The third-order valence-corrected chi connectivity index (χ3v) is 4.13. The Bertz CT molecular complexity index is 653. The van der Waals surface area contributed by atoms with Crippen LogP contribution in [0.3, 0.4) is 0 Å². The summed E-state index contributed by atoms with van der Waals surface area (Å²) >= 11 is 0. The van der Waals surface area contributed by atoms with Gasteiger partial charge in [0.25, 0.3) is 5.91 Å². The van der Waals surface area contributed by atoms with Gasteiger partial charge in [-0.2, -0.15) is 0 Å². The molecule has 1 fully saturated rings. The number of benzene rings is 1. The van der Waals surface area contributed by atoms with E-state index in [1.807, 2.05) is 17.0 Å². The monoisotopic (exact) mass is 295 g/mol. The van der Waals surface area contributed by atoms with E-state index < -0.39 is 0 Å². The summed E-state index contributed by atoms with van der Waals surface area (Å²) in [6.07, 6.45) is 3.92. The Labute approximate surface area is 131 Å². The summed E-state index contributed by atoms with van der Waals surface area (Å²) in [5.74, 6) is 0.0381. The SMILES string of the molecule is Cc1cccc(C)c1Nc1ccc(C(=O)N2CCCC2)nc1. The van der Waals surface area contributed by atoms with Crippen molar-refractivity contribution in [2.45, 2.75) is 26.7 Å². The molecule has 1 aromatic heterocycles. The highest BCUT2D eigenvalue weighted by molar-refractivity contribution is 5.92. The van der Waals surface area contributed by atoms with Crippen molar-refractivity contribution in [3.05, 3.63) is 53.3 Å². The number of carbonyl (C=O) groups is 1. The first kappa shape index (κ1) is 14.6. The Morgan fingerprint density at radius 3 is 2.36 bits per heavy atom. The van der Waals surface area contributed by atoms with E-state index in [1.165, 1.54) is 11.1 Å². The van der Waals surface area contributed by atoms with Crippen molar-refractivity contribution in [3.63, 3.8) is 0 Å². The van der Waals surface area contributed by atoms with Crippen LogP contribution in [-0.2, 0) is 0 Å². The summed E-state index contributed by atoms with van der Waals surface area (Å²) in [5, 5.41) is 3.39. The van der Waals surface area contributed by atoms with Gasteiger partial charge in [-0.05, 0) is 49.9 Å². The zero-order valence-corrected chi connectivity index (χ0v) is 13.1. The predicted molar refractivity (Wildman–Crippen MR) is 88.6 cm³/mol. The van der Waals surface area contributed by atoms with E-state index in [0.717, 1.165) is 37.3 Å². The van der Waals surface area contributed by atoms with Crippen molar-refractivity contribution in [2.24, 2.45) is 0 Å². The number of para-hydroxylation sites is 1. The summed E-state index contributed by atoms with van der Waals surface area (Å²) in [7, 11) is 0. The molecule has 22 heavy (non-hydrogen) atoms. The van der Waals surface area contributed by atoms with Crippen molar-refractivity contribution in [3.8, 4) is 0 Å². The molecule has 1 N–H and O–H groups in total. The maximum atomic E-state index is 12.3. The summed E-state index contributed by atoms with van der Waals surface area (Å²) in [6.45, 7) is 5.86. The van der Waals surface area contributed by atoms with Gasteiger partial charge in [-0.1, -0.05) is 18.2 Å². The summed E-state index contributed by atoms with van der Waals surface area (Å²) < 4.78 is 0. The number of hydrogen-bond donors (Lipinski definition) is 1. The Balaban J connectivity index is 1.75. The molecule has 3 rings (SSSR count). The van der Waals surface area contributed by atoms with E-state index in [-0.39, 0.29) is 5.91 Å². The molecule has 2 heterocycles. The van der Waals surface area contributed by atoms with Gasteiger partial charge in [0, 0.05) is 18.8 Å². The smallest absolute Gasteiger partial charge is 0.272 e. The molecular weight excluding hydrogens is 274 g/mol. The number of nitrogens with zero attached hydrogens (tertiary/aromatic N) is 2. The van der Waals surface area contributed by atoms with Crippen molar-refractivity contribution < 1.29 is 4.79 Å². The lowest BCUT2D eigenvalue weighted by molar-refractivity contribution is 0.0787. The molecule has 114 valence electrons. The average Bonchev–Trinajstić information content (AvgIpc) is 3.05. The summed E-state index contributed by atoms with van der Waals surface area (Å²) in [6, 6.07) is 9.92. The van der Waals surface area contributed by atoms with Gasteiger partial charge in [-0.15, -0.1) is 0 Å². The van der Waals surface area contributed by atoms with Crippen molar-refractivity contribution in [2.75, 3.05) is 18.4 Å². The lowest BCUT2D eigenvalue weighted by Gasteiger charge is -2.15. The van der Waals surface area contributed by atoms with Gasteiger partial charge in [-0.3, -0.25) is 4.79 Å². The Morgan fingerprint density at radius 2 is 1.77 bits per heavy atom. The molecule has 1 aliphatic rings. The van der Waals surface area contributed by atoms with Crippen LogP contribution < -0.4 is 5.32 Å². The molecule has 1 aliphatic heterocycles. The molecule has 0 atom stereocenters. The van der Waals surface area contributed by atoms with Crippen LogP contribution in [0.15, 0.2) is 36.5 Å². The number of nitrogens with one attached hydrogen (secondary N) is 1. The van der Waals surface area contributed by atoms with E-state index >= 15 is 0 Å². The molecule has 0 aliphatic carbocycles. The third-order valence-electron chi connectivity index (χ3n) is 4.13. The van der Waals surface area contributed by atoms with E-state index in [1.54, 1.807) is 12.3 Å². The fraction of sp³-hybridized carbons (Fsp3) is 0.333. The number of carbonyl (C=O) groups excluding carboxylic acids is 1. The largest absolute Gasteiger partial charge is 0.354 e. The van der Waals surface area contributed by atoms with Gasteiger partial charge in [0.05, 0.1) is 11.9 Å². The first-order valence-electron chi connectivity index (χ1n) is 7.74. The van der Waals surface area contributed by atoms with E-state index in [4.69, 9.17) is 0 Å².